The molecule has 2 aromatic carbocycles. The number of hydrogen-bond acceptors (Lipinski definition) is 5. The largest absolute Gasteiger partial charge is 0.322 e. The van der Waals surface area contributed by atoms with Gasteiger partial charge in [-0.25, -0.2) is 0 Å². The summed E-state index contributed by atoms with van der Waals surface area (Å²) in [6.07, 6.45) is 0.679. The van der Waals surface area contributed by atoms with Crippen LogP contribution in [0.15, 0.2) is 42.5 Å². The first-order chi connectivity index (χ1) is 10.9. The predicted octanol–water partition coefficient (Wildman–Crippen LogP) is 3.32. The van der Waals surface area contributed by atoms with Crippen molar-refractivity contribution in [2.75, 3.05) is 5.32 Å². The third kappa shape index (κ3) is 3.49. The molecule has 2 aromatic rings. The van der Waals surface area contributed by atoms with Gasteiger partial charge in [0.15, 0.2) is 0 Å². The molecule has 8 nitrogen and oxygen atoms in total. The highest BCUT2D eigenvalue weighted by Crippen LogP contribution is 2.26. The van der Waals surface area contributed by atoms with Crippen LogP contribution in [0.2, 0.25) is 0 Å². The van der Waals surface area contributed by atoms with Crippen LogP contribution >= 0.6 is 0 Å². The van der Waals surface area contributed by atoms with E-state index in [9.17, 15) is 25.0 Å². The third-order valence-corrected chi connectivity index (χ3v) is 3.28. The summed E-state index contributed by atoms with van der Waals surface area (Å²) >= 11 is 0. The maximum absolute atomic E-state index is 12.3. The molecule has 2 rings (SSSR count). The molecule has 0 aliphatic rings. The normalized spacial score (nSPS) is 10.1. The quantitative estimate of drug-likeness (QED) is 0.671. The van der Waals surface area contributed by atoms with Crippen molar-refractivity contribution in [2.24, 2.45) is 0 Å². The van der Waals surface area contributed by atoms with Crippen LogP contribution in [0, 0.1) is 20.2 Å². The van der Waals surface area contributed by atoms with E-state index in [0.717, 1.165) is 23.8 Å². The Hall–Kier alpha value is -3.29. The minimum atomic E-state index is -0.812. The van der Waals surface area contributed by atoms with Gasteiger partial charge in [-0.15, -0.1) is 0 Å². The lowest BCUT2D eigenvalue weighted by Gasteiger charge is -2.09. The number of rotatable bonds is 5. The molecule has 0 aromatic heterocycles. The van der Waals surface area contributed by atoms with Gasteiger partial charge in [0.25, 0.3) is 17.3 Å². The Labute approximate surface area is 131 Å². The Balaban J connectivity index is 2.39. The molecule has 0 bridgehead atoms. The second-order valence-electron chi connectivity index (χ2n) is 4.68. The zero-order valence-electron chi connectivity index (χ0n) is 12.2. The van der Waals surface area contributed by atoms with Crippen LogP contribution in [-0.4, -0.2) is 15.8 Å². The van der Waals surface area contributed by atoms with Gasteiger partial charge >= 0.3 is 0 Å². The highest BCUT2D eigenvalue weighted by Gasteiger charge is 2.24. The first kappa shape index (κ1) is 16.1. The van der Waals surface area contributed by atoms with E-state index in [1.807, 2.05) is 19.1 Å². The molecule has 1 amide bonds. The van der Waals surface area contributed by atoms with Crippen molar-refractivity contribution in [3.8, 4) is 0 Å². The number of nitro benzene ring substituents is 2. The number of amides is 1. The molecule has 0 spiro atoms. The van der Waals surface area contributed by atoms with Crippen molar-refractivity contribution in [1.29, 1.82) is 0 Å². The van der Waals surface area contributed by atoms with Crippen LogP contribution in [0.25, 0.3) is 0 Å². The number of nitrogens with zero attached hydrogens (tertiary/aromatic N) is 2. The number of anilines is 1. The highest BCUT2D eigenvalue weighted by atomic mass is 16.6. The molecule has 0 unspecified atom stereocenters. The first-order valence-electron chi connectivity index (χ1n) is 6.76. The monoisotopic (exact) mass is 315 g/mol. The van der Waals surface area contributed by atoms with E-state index in [1.54, 1.807) is 12.1 Å². The van der Waals surface area contributed by atoms with Gasteiger partial charge in [0.2, 0.25) is 0 Å². The summed E-state index contributed by atoms with van der Waals surface area (Å²) in [7, 11) is 0. The minimum Gasteiger partial charge on any atom is -0.322 e. The van der Waals surface area contributed by atoms with Crippen molar-refractivity contribution in [1.82, 2.24) is 0 Å². The SMILES string of the molecule is CCc1ccccc1NC(=O)c1ccc([N+](=O)[O-])cc1[N+](=O)[O-]. The van der Waals surface area contributed by atoms with Gasteiger partial charge < -0.3 is 5.32 Å². The Bertz CT molecular complexity index is 788. The second kappa shape index (κ2) is 6.65. The lowest BCUT2D eigenvalue weighted by atomic mass is 10.1. The predicted molar refractivity (Wildman–Crippen MR) is 83.5 cm³/mol. The molecule has 0 radical (unpaired) electrons. The Kier molecular flexibility index (Phi) is 4.65. The van der Waals surface area contributed by atoms with Crippen molar-refractivity contribution in [2.45, 2.75) is 13.3 Å². The molecule has 0 saturated carbocycles. The van der Waals surface area contributed by atoms with Crippen LogP contribution in [0.5, 0.6) is 0 Å². The molecule has 1 N–H and O–H groups in total. The molecule has 0 atom stereocenters. The second-order valence-corrected chi connectivity index (χ2v) is 4.68. The maximum Gasteiger partial charge on any atom is 0.289 e. The summed E-state index contributed by atoms with van der Waals surface area (Å²) < 4.78 is 0. The first-order valence-corrected chi connectivity index (χ1v) is 6.76. The molecule has 0 heterocycles. The molecule has 8 heteroatoms. The van der Waals surface area contributed by atoms with Crippen LogP contribution in [0.1, 0.15) is 22.8 Å². The molecule has 0 aliphatic heterocycles. The van der Waals surface area contributed by atoms with Gasteiger partial charge in [-0.05, 0) is 24.1 Å². The summed E-state index contributed by atoms with van der Waals surface area (Å²) in [5.41, 5.74) is 0.150. The highest BCUT2D eigenvalue weighted by molar-refractivity contribution is 6.07. The van der Waals surface area contributed by atoms with Crippen molar-refractivity contribution >= 4 is 23.0 Å². The number of benzene rings is 2. The van der Waals surface area contributed by atoms with E-state index < -0.39 is 27.1 Å². The number of carbonyl (C=O) groups is 1. The van der Waals surface area contributed by atoms with Gasteiger partial charge in [-0.3, -0.25) is 25.0 Å². The van der Waals surface area contributed by atoms with E-state index in [4.69, 9.17) is 0 Å². The lowest BCUT2D eigenvalue weighted by molar-refractivity contribution is -0.394. The third-order valence-electron chi connectivity index (χ3n) is 3.28. The molecular weight excluding hydrogens is 302 g/mol. The van der Waals surface area contributed by atoms with E-state index in [1.165, 1.54) is 0 Å². The van der Waals surface area contributed by atoms with Crippen LogP contribution in [0.4, 0.5) is 17.1 Å². The standard InChI is InChI=1S/C15H13N3O5/c1-2-10-5-3-4-6-13(10)16-15(19)12-8-7-11(17(20)21)9-14(12)18(22)23/h3-9H,2H2,1H3,(H,16,19). The number of non-ortho nitro benzene ring substituents is 1. The van der Waals surface area contributed by atoms with Crippen LogP contribution in [-0.2, 0) is 6.42 Å². The molecule has 0 fully saturated rings. The fourth-order valence-electron chi connectivity index (χ4n) is 2.12. The summed E-state index contributed by atoms with van der Waals surface area (Å²) in [4.78, 5) is 32.5. The van der Waals surface area contributed by atoms with E-state index in [-0.39, 0.29) is 5.56 Å². The number of nitrogens with one attached hydrogen (secondary N) is 1. The summed E-state index contributed by atoms with van der Waals surface area (Å²) in [5.74, 6) is -0.688. The fraction of sp³-hybridized carbons (Fsp3) is 0.133. The Morgan fingerprint density at radius 1 is 1.09 bits per heavy atom. The number of para-hydroxylation sites is 1. The smallest absolute Gasteiger partial charge is 0.289 e. The van der Waals surface area contributed by atoms with Gasteiger partial charge in [0, 0.05) is 11.8 Å². The summed E-state index contributed by atoms with van der Waals surface area (Å²) in [6, 6.07) is 10.0. The lowest BCUT2D eigenvalue weighted by Crippen LogP contribution is -2.15. The zero-order chi connectivity index (χ0) is 17.0. The average molecular weight is 315 g/mol. The van der Waals surface area contributed by atoms with E-state index in [2.05, 4.69) is 5.32 Å². The average Bonchev–Trinajstić information content (AvgIpc) is 2.54. The molecule has 23 heavy (non-hydrogen) atoms. The Morgan fingerprint density at radius 3 is 2.39 bits per heavy atom. The molecule has 0 aliphatic carbocycles. The number of hydrogen-bond donors (Lipinski definition) is 1. The molecule has 118 valence electrons. The summed E-state index contributed by atoms with van der Waals surface area (Å²) in [5, 5.41) is 24.4. The topological polar surface area (TPSA) is 115 Å². The van der Waals surface area contributed by atoms with Gasteiger partial charge in [-0.2, -0.15) is 0 Å². The fourth-order valence-corrected chi connectivity index (χ4v) is 2.12. The van der Waals surface area contributed by atoms with Crippen molar-refractivity contribution in [3.05, 3.63) is 73.8 Å². The number of carbonyl (C=O) groups excluding carboxylic acids is 1. The minimum absolute atomic E-state index is 0.230. The van der Waals surface area contributed by atoms with E-state index in [0.29, 0.717) is 12.1 Å². The molecule has 0 saturated heterocycles. The van der Waals surface area contributed by atoms with Crippen molar-refractivity contribution < 1.29 is 14.6 Å². The number of nitro groups is 2. The zero-order valence-corrected chi connectivity index (χ0v) is 12.2. The maximum atomic E-state index is 12.3. The summed E-state index contributed by atoms with van der Waals surface area (Å²) in [6.45, 7) is 1.92. The van der Waals surface area contributed by atoms with Crippen LogP contribution < -0.4 is 5.32 Å². The van der Waals surface area contributed by atoms with Crippen LogP contribution in [0.3, 0.4) is 0 Å². The number of aryl methyl sites for hydroxylation is 1. The van der Waals surface area contributed by atoms with Gasteiger partial charge in [-0.1, -0.05) is 25.1 Å². The van der Waals surface area contributed by atoms with Gasteiger partial charge in [0.1, 0.15) is 5.56 Å². The van der Waals surface area contributed by atoms with E-state index >= 15 is 0 Å². The van der Waals surface area contributed by atoms with Gasteiger partial charge in [0.05, 0.1) is 15.9 Å². The molecular formula is C15H13N3O5. The Morgan fingerprint density at radius 2 is 1.78 bits per heavy atom. The van der Waals surface area contributed by atoms with Crippen molar-refractivity contribution in [3.63, 3.8) is 0 Å².